The van der Waals surface area contributed by atoms with E-state index in [1.165, 1.54) is 11.1 Å². The van der Waals surface area contributed by atoms with E-state index in [1.807, 2.05) is 54.6 Å². The lowest BCUT2D eigenvalue weighted by Crippen LogP contribution is -2.39. The summed E-state index contributed by atoms with van der Waals surface area (Å²) in [5.41, 5.74) is 12.6. The lowest BCUT2D eigenvalue weighted by Gasteiger charge is -2.37. The van der Waals surface area contributed by atoms with E-state index in [0.717, 1.165) is 71.1 Å². The predicted octanol–water partition coefficient (Wildman–Crippen LogP) is 4.54. The smallest absolute Gasteiger partial charge is 0.264 e. The number of hydrogen-bond acceptors (Lipinski definition) is 4. The molecule has 1 unspecified atom stereocenters. The summed E-state index contributed by atoms with van der Waals surface area (Å²) in [7, 11) is 0. The summed E-state index contributed by atoms with van der Waals surface area (Å²) < 4.78 is 3.54. The SMILES string of the molecule is O=c1c2c3c(c4nc5ccccc5n14)C=CC1=C4CC=c5c(=O)n6c7ccccc7nc6c6ccc(c4c56)C(=CC=2)C13. The van der Waals surface area contributed by atoms with Crippen molar-refractivity contribution in [2.75, 3.05) is 0 Å². The minimum atomic E-state index is -0.0538. The second-order valence-corrected chi connectivity index (χ2v) is 11.6. The van der Waals surface area contributed by atoms with E-state index < -0.39 is 0 Å². The monoisotopic (exact) mass is 538 g/mol. The highest BCUT2D eigenvalue weighted by molar-refractivity contribution is 6.12. The highest BCUT2D eigenvalue weighted by atomic mass is 16.1. The average molecular weight is 539 g/mol. The van der Waals surface area contributed by atoms with E-state index >= 15 is 0 Å². The molecular formula is C36H18N4O2. The Morgan fingerprint density at radius 2 is 1.45 bits per heavy atom. The maximum atomic E-state index is 14.0. The number of rotatable bonds is 0. The highest BCUT2D eigenvalue weighted by Crippen LogP contribution is 2.54. The van der Waals surface area contributed by atoms with Crippen molar-refractivity contribution in [1.82, 2.24) is 18.8 Å². The van der Waals surface area contributed by atoms with Gasteiger partial charge < -0.3 is 0 Å². The number of nitrogens with zero attached hydrogens (tertiary/aromatic N) is 4. The Morgan fingerprint density at radius 1 is 0.738 bits per heavy atom. The van der Waals surface area contributed by atoms with E-state index in [9.17, 15) is 9.59 Å². The zero-order chi connectivity index (χ0) is 27.4. The third-order valence-electron chi connectivity index (χ3n) is 9.77. The highest BCUT2D eigenvalue weighted by Gasteiger charge is 2.39. The molecule has 0 N–H and O–H groups in total. The molecule has 0 spiro atoms. The molecule has 11 rings (SSSR count). The minimum Gasteiger partial charge on any atom is -0.268 e. The lowest BCUT2D eigenvalue weighted by atomic mass is 9.65. The first kappa shape index (κ1) is 21.2. The Morgan fingerprint density at radius 3 is 2.26 bits per heavy atom. The molecule has 0 saturated heterocycles. The van der Waals surface area contributed by atoms with Crippen LogP contribution in [0.25, 0.3) is 73.5 Å². The van der Waals surface area contributed by atoms with Gasteiger partial charge in [0.15, 0.2) is 0 Å². The number of allylic oxidation sites excluding steroid dienone is 5. The van der Waals surface area contributed by atoms with E-state index in [-0.39, 0.29) is 17.0 Å². The van der Waals surface area contributed by atoms with E-state index in [1.54, 1.807) is 8.80 Å². The van der Waals surface area contributed by atoms with Crippen molar-refractivity contribution >= 4 is 73.5 Å². The molecule has 4 heterocycles. The van der Waals surface area contributed by atoms with Crippen LogP contribution in [0, 0.1) is 0 Å². The third kappa shape index (κ3) is 2.19. The van der Waals surface area contributed by atoms with Gasteiger partial charge in [0.2, 0.25) is 0 Å². The molecule has 1 atom stereocenters. The molecule has 6 heteroatoms. The first-order chi connectivity index (χ1) is 20.7. The molecule has 0 saturated carbocycles. The Hall–Kier alpha value is -5.62. The van der Waals surface area contributed by atoms with E-state index in [4.69, 9.17) is 9.97 Å². The maximum Gasteiger partial charge on any atom is 0.264 e. The van der Waals surface area contributed by atoms with Gasteiger partial charge in [0.1, 0.15) is 11.3 Å². The number of imidazole rings is 2. The van der Waals surface area contributed by atoms with Crippen LogP contribution in [0.5, 0.6) is 0 Å². The van der Waals surface area contributed by atoms with Gasteiger partial charge in [-0.15, -0.1) is 0 Å². The van der Waals surface area contributed by atoms with Crippen LogP contribution in [0.4, 0.5) is 0 Å². The number of fused-ring (bicyclic) bond motifs is 9. The molecule has 6 nitrogen and oxygen atoms in total. The molecule has 4 aromatic heterocycles. The summed E-state index contributed by atoms with van der Waals surface area (Å²) in [6.45, 7) is 0. The van der Waals surface area contributed by atoms with Crippen LogP contribution in [-0.4, -0.2) is 18.8 Å². The molecule has 0 amide bonds. The van der Waals surface area contributed by atoms with Crippen LogP contribution in [-0.2, 0) is 0 Å². The Bertz CT molecular complexity index is 2860. The largest absolute Gasteiger partial charge is 0.268 e. The van der Waals surface area contributed by atoms with Gasteiger partial charge in [-0.1, -0.05) is 54.6 Å². The molecule has 0 bridgehead atoms. The Labute approximate surface area is 236 Å². The van der Waals surface area contributed by atoms with Gasteiger partial charge >= 0.3 is 0 Å². The topological polar surface area (TPSA) is 68.7 Å². The van der Waals surface area contributed by atoms with Gasteiger partial charge in [0, 0.05) is 32.7 Å². The Kier molecular flexibility index (Phi) is 3.43. The lowest BCUT2D eigenvalue weighted by molar-refractivity contribution is 0.962. The molecule has 4 aliphatic rings. The minimum absolute atomic E-state index is 0.0217. The van der Waals surface area contributed by atoms with E-state index in [2.05, 4.69) is 36.4 Å². The number of para-hydroxylation sites is 4. The fourth-order valence-corrected chi connectivity index (χ4v) is 8.11. The fraction of sp³-hybridized carbons (Fsp3) is 0.0556. The fourth-order valence-electron chi connectivity index (χ4n) is 8.11. The number of aromatic nitrogens is 4. The quantitative estimate of drug-likeness (QED) is 0.284. The zero-order valence-corrected chi connectivity index (χ0v) is 22.1. The first-order valence-electron chi connectivity index (χ1n) is 14.2. The number of pyridine rings is 2. The van der Waals surface area contributed by atoms with Crippen molar-refractivity contribution in [2.24, 2.45) is 0 Å². The Balaban J connectivity index is 1.30. The molecule has 194 valence electrons. The van der Waals surface area contributed by atoms with Crippen LogP contribution in [0.2, 0.25) is 0 Å². The molecule has 42 heavy (non-hydrogen) atoms. The van der Waals surface area contributed by atoms with Crippen molar-refractivity contribution in [3.63, 3.8) is 0 Å². The van der Waals surface area contributed by atoms with Crippen molar-refractivity contribution in [1.29, 1.82) is 0 Å². The molecule has 3 aromatic carbocycles. The summed E-state index contributed by atoms with van der Waals surface area (Å²) >= 11 is 0. The van der Waals surface area contributed by atoms with Crippen molar-refractivity contribution in [3.05, 3.63) is 132 Å². The van der Waals surface area contributed by atoms with Crippen LogP contribution >= 0.6 is 0 Å². The molecule has 7 aromatic rings. The maximum absolute atomic E-state index is 14.0. The van der Waals surface area contributed by atoms with Gasteiger partial charge in [-0.25, -0.2) is 9.97 Å². The summed E-state index contributed by atoms with van der Waals surface area (Å²) in [6, 6.07) is 20.0. The van der Waals surface area contributed by atoms with Gasteiger partial charge in [0.05, 0.1) is 22.1 Å². The third-order valence-corrected chi connectivity index (χ3v) is 9.77. The van der Waals surface area contributed by atoms with Gasteiger partial charge in [-0.05, 0) is 76.2 Å². The van der Waals surface area contributed by atoms with Gasteiger partial charge in [0.25, 0.3) is 11.1 Å². The molecule has 0 radical (unpaired) electrons. The van der Waals surface area contributed by atoms with Crippen molar-refractivity contribution in [3.8, 4) is 0 Å². The summed E-state index contributed by atoms with van der Waals surface area (Å²) in [4.78, 5) is 37.8. The summed E-state index contributed by atoms with van der Waals surface area (Å²) in [6.07, 6.45) is 11.2. The zero-order valence-electron chi connectivity index (χ0n) is 22.1. The molecule has 0 aliphatic heterocycles. The first-order valence-corrected chi connectivity index (χ1v) is 14.2. The summed E-state index contributed by atoms with van der Waals surface area (Å²) in [5.74, 6) is -0.0538. The second kappa shape index (κ2) is 6.81. The molecular weight excluding hydrogens is 520 g/mol. The van der Waals surface area contributed by atoms with Gasteiger partial charge in [-0.2, -0.15) is 0 Å². The number of benzene rings is 3. The van der Waals surface area contributed by atoms with Crippen LogP contribution in [0.15, 0.2) is 88.0 Å². The predicted molar refractivity (Wildman–Crippen MR) is 166 cm³/mol. The van der Waals surface area contributed by atoms with Crippen LogP contribution in [0.1, 0.15) is 34.6 Å². The van der Waals surface area contributed by atoms with Gasteiger partial charge in [-0.3, -0.25) is 18.4 Å². The summed E-state index contributed by atoms with van der Waals surface area (Å²) in [5, 5.41) is 3.45. The van der Waals surface area contributed by atoms with Crippen molar-refractivity contribution < 1.29 is 0 Å². The molecule has 0 fully saturated rings. The van der Waals surface area contributed by atoms with Crippen LogP contribution < -0.4 is 21.6 Å². The van der Waals surface area contributed by atoms with Crippen LogP contribution in [0.3, 0.4) is 0 Å². The average Bonchev–Trinajstić information content (AvgIpc) is 3.61. The normalized spacial score (nSPS) is 17.7. The molecule has 4 aliphatic carbocycles. The number of hydrogen-bond donors (Lipinski definition) is 0. The van der Waals surface area contributed by atoms with E-state index in [0.29, 0.717) is 17.7 Å². The standard InChI is InChI=1S/C36H18N4O2/c41-35-23-15-11-19-18-10-14-22-32-24(36(42)40-28-8-4-2-6-26(28)38-34(22)40)16-12-20(30(18)32)17-9-13-21(31(23)29(17)19)33-37-25-5-1-3-7-27(25)39(33)35/h1-11,13-16,29H,12H2. The van der Waals surface area contributed by atoms with Crippen molar-refractivity contribution in [2.45, 2.75) is 12.3 Å². The second-order valence-electron chi connectivity index (χ2n) is 11.6.